The maximum Gasteiger partial charge on any atom is 0.293 e. The largest absolute Gasteiger partial charge is 0.382 e. The van der Waals surface area contributed by atoms with Crippen LogP contribution in [0.15, 0.2) is 48.5 Å². The normalized spacial score (nSPS) is 18.7. The van der Waals surface area contributed by atoms with Crippen molar-refractivity contribution in [3.05, 3.63) is 94.1 Å². The van der Waals surface area contributed by atoms with Crippen molar-refractivity contribution in [2.45, 2.75) is 69.4 Å². The van der Waals surface area contributed by atoms with E-state index in [4.69, 9.17) is 10.7 Å². The monoisotopic (exact) mass is 709 g/mol. The number of para-hydroxylation sites is 1. The molecule has 1 fully saturated rings. The van der Waals surface area contributed by atoms with E-state index in [9.17, 15) is 27.8 Å². The first-order valence-electron chi connectivity index (χ1n) is 16.2. The molecule has 15 heteroatoms. The third-order valence-electron chi connectivity index (χ3n) is 9.20. The van der Waals surface area contributed by atoms with Gasteiger partial charge in [-0.3, -0.25) is 14.7 Å². The van der Waals surface area contributed by atoms with Gasteiger partial charge in [0.15, 0.2) is 5.82 Å². The molecule has 0 amide bonds. The van der Waals surface area contributed by atoms with Gasteiger partial charge >= 0.3 is 0 Å². The highest BCUT2D eigenvalue weighted by atomic mass is 19.3. The summed E-state index contributed by atoms with van der Waals surface area (Å²) < 4.78 is 89.8. The summed E-state index contributed by atoms with van der Waals surface area (Å²) in [6.45, 7) is 2.32. The SMILES string of the molecule is Cn1nc(N)c2cccc(-c3ccc(C#CC(C)(C)O)nc3[C@H](Cc3cc(F)cc(F)c3)NC(O)Cn3nc(C(F)F)c4c3C(F)(F)[C@@H]3C[C@H]43)c21. The van der Waals surface area contributed by atoms with Crippen LogP contribution in [0.3, 0.4) is 0 Å². The second kappa shape index (κ2) is 12.4. The molecule has 0 spiro atoms. The Morgan fingerprint density at radius 1 is 1.06 bits per heavy atom. The van der Waals surface area contributed by atoms with Gasteiger partial charge in [-0.1, -0.05) is 18.1 Å². The van der Waals surface area contributed by atoms with Crippen LogP contribution in [0, 0.1) is 29.4 Å². The number of anilines is 1. The van der Waals surface area contributed by atoms with Crippen LogP contribution in [0.5, 0.6) is 0 Å². The van der Waals surface area contributed by atoms with Gasteiger partial charge in [-0.2, -0.15) is 19.0 Å². The van der Waals surface area contributed by atoms with Gasteiger partial charge in [0.25, 0.3) is 12.3 Å². The zero-order chi connectivity index (χ0) is 36.6. The number of nitrogens with two attached hydrogens (primary N) is 1. The van der Waals surface area contributed by atoms with Crippen molar-refractivity contribution in [3.8, 4) is 23.0 Å². The standard InChI is InChI=1S/C36H33F6N7O2/c1-35(2,51)10-9-20-7-8-21(22-5-4-6-23-31(22)48(3)47-34(23)43)29(44-20)26(13-17-11-18(37)14-19(38)12-17)45-27(50)16-49-32-28(30(46-49)33(39)40)24-15-25(24)36(32,41)42/h4-8,11-12,14,24-27,33,45,50-51H,13,15-16H2,1-3H3,(H2,43,47)/t24-,25+,26-,27?/m0/s1. The van der Waals surface area contributed by atoms with E-state index in [0.29, 0.717) is 28.1 Å². The molecule has 0 radical (unpaired) electrons. The maximum absolute atomic E-state index is 15.3. The van der Waals surface area contributed by atoms with Crippen molar-refractivity contribution in [1.82, 2.24) is 29.9 Å². The zero-order valence-electron chi connectivity index (χ0n) is 27.6. The fourth-order valence-electron chi connectivity index (χ4n) is 7.08. The number of benzene rings is 2. The smallest absolute Gasteiger partial charge is 0.293 e. The van der Waals surface area contributed by atoms with Gasteiger partial charge in [-0.05, 0) is 74.4 Å². The van der Waals surface area contributed by atoms with Crippen LogP contribution in [0.4, 0.5) is 32.2 Å². The van der Waals surface area contributed by atoms with Crippen LogP contribution < -0.4 is 11.1 Å². The minimum Gasteiger partial charge on any atom is -0.382 e. The van der Waals surface area contributed by atoms with Crippen molar-refractivity contribution in [1.29, 1.82) is 0 Å². The summed E-state index contributed by atoms with van der Waals surface area (Å²) in [6, 6.07) is 10.4. The highest BCUT2D eigenvalue weighted by Gasteiger charge is 2.67. The van der Waals surface area contributed by atoms with E-state index in [2.05, 4.69) is 27.4 Å². The summed E-state index contributed by atoms with van der Waals surface area (Å²) in [7, 11) is 1.70. The highest BCUT2D eigenvalue weighted by molar-refractivity contribution is 6.00. The van der Waals surface area contributed by atoms with E-state index in [0.717, 1.165) is 16.8 Å². The molecule has 5 aromatic rings. The lowest BCUT2D eigenvalue weighted by Gasteiger charge is -2.26. The summed E-state index contributed by atoms with van der Waals surface area (Å²) in [6.07, 6.45) is -4.90. The van der Waals surface area contributed by atoms with E-state index in [1.807, 2.05) is 0 Å². The number of hydrogen-bond acceptors (Lipinski definition) is 7. The van der Waals surface area contributed by atoms with Crippen LogP contribution >= 0.6 is 0 Å². The molecule has 3 heterocycles. The van der Waals surface area contributed by atoms with E-state index >= 15 is 8.78 Å². The molecule has 1 saturated carbocycles. The van der Waals surface area contributed by atoms with Crippen molar-refractivity contribution >= 4 is 16.7 Å². The molecule has 0 aliphatic heterocycles. The van der Waals surface area contributed by atoms with E-state index < -0.39 is 71.6 Å². The number of fused-ring (bicyclic) bond motifs is 4. The average Bonchev–Trinajstić information content (AvgIpc) is 3.60. The third kappa shape index (κ3) is 6.43. The number of nitrogens with zero attached hydrogens (tertiary/aromatic N) is 5. The van der Waals surface area contributed by atoms with Gasteiger partial charge in [0.1, 0.15) is 40.5 Å². The summed E-state index contributed by atoms with van der Waals surface area (Å²) in [4.78, 5) is 4.77. The molecule has 1 unspecified atom stereocenters. The Morgan fingerprint density at radius 2 is 1.78 bits per heavy atom. The average molecular weight is 710 g/mol. The number of rotatable bonds is 9. The molecule has 2 aromatic carbocycles. The fourth-order valence-corrected chi connectivity index (χ4v) is 7.08. The molecule has 2 aliphatic rings. The molecule has 3 aromatic heterocycles. The van der Waals surface area contributed by atoms with Crippen molar-refractivity contribution in [2.24, 2.45) is 13.0 Å². The molecule has 266 valence electrons. The minimum atomic E-state index is -3.41. The Bertz CT molecular complexity index is 2210. The Labute approximate surface area is 288 Å². The number of aromatic nitrogens is 5. The maximum atomic E-state index is 15.3. The summed E-state index contributed by atoms with van der Waals surface area (Å²) in [5.41, 5.74) is 5.51. The van der Waals surface area contributed by atoms with Gasteiger partial charge < -0.3 is 15.9 Å². The topological polar surface area (TPSA) is 127 Å². The summed E-state index contributed by atoms with van der Waals surface area (Å²) in [5, 5.41) is 33.4. The van der Waals surface area contributed by atoms with Crippen LogP contribution in [0.1, 0.15) is 72.6 Å². The number of aliphatic hydroxyl groups is 2. The van der Waals surface area contributed by atoms with E-state index in [-0.39, 0.29) is 41.2 Å². The predicted molar refractivity (Wildman–Crippen MR) is 175 cm³/mol. The molecule has 7 rings (SSSR count). The summed E-state index contributed by atoms with van der Waals surface area (Å²) in [5.74, 6) is -1.17. The van der Waals surface area contributed by atoms with Gasteiger partial charge in [0.05, 0.1) is 23.8 Å². The Hall–Kier alpha value is -4.91. The van der Waals surface area contributed by atoms with E-state index in [1.54, 1.807) is 42.1 Å². The van der Waals surface area contributed by atoms with Gasteiger partial charge in [0, 0.05) is 41.1 Å². The van der Waals surface area contributed by atoms with Crippen molar-refractivity contribution in [2.75, 3.05) is 5.73 Å². The molecule has 51 heavy (non-hydrogen) atoms. The molecule has 0 saturated heterocycles. The van der Waals surface area contributed by atoms with Crippen LogP contribution in [-0.4, -0.2) is 46.6 Å². The highest BCUT2D eigenvalue weighted by Crippen LogP contribution is 2.68. The second-order valence-electron chi connectivity index (χ2n) is 13.6. The van der Waals surface area contributed by atoms with Gasteiger partial charge in [-0.15, -0.1) is 0 Å². The number of nitrogen functional groups attached to an aromatic ring is 1. The summed E-state index contributed by atoms with van der Waals surface area (Å²) >= 11 is 0. The molecule has 2 aliphatic carbocycles. The zero-order valence-corrected chi connectivity index (χ0v) is 27.6. The first kappa shape index (κ1) is 34.5. The number of pyridine rings is 1. The predicted octanol–water partition coefficient (Wildman–Crippen LogP) is 5.85. The quantitative estimate of drug-likeness (QED) is 0.0860. The molecular formula is C36H33F6N7O2. The number of hydrogen-bond donors (Lipinski definition) is 4. The molecule has 9 nitrogen and oxygen atoms in total. The minimum absolute atomic E-state index is 0.0781. The van der Waals surface area contributed by atoms with Gasteiger partial charge in [0.2, 0.25) is 0 Å². The number of alkyl halides is 4. The first-order chi connectivity index (χ1) is 24.0. The third-order valence-corrected chi connectivity index (χ3v) is 9.20. The number of halogens is 6. The Balaban J connectivity index is 1.35. The van der Waals surface area contributed by atoms with Gasteiger partial charge in [-0.25, -0.2) is 22.5 Å². The molecular weight excluding hydrogens is 676 g/mol. The van der Waals surface area contributed by atoms with Crippen LogP contribution in [0.2, 0.25) is 0 Å². The van der Waals surface area contributed by atoms with Crippen LogP contribution in [0.25, 0.3) is 22.0 Å². The van der Waals surface area contributed by atoms with Crippen molar-refractivity contribution < 1.29 is 36.6 Å². The first-order valence-corrected chi connectivity index (χ1v) is 16.2. The van der Waals surface area contributed by atoms with Crippen LogP contribution in [-0.2, 0) is 25.9 Å². The number of aryl methyl sites for hydroxylation is 1. The lowest BCUT2D eigenvalue weighted by Crippen LogP contribution is -2.39. The fraction of sp³-hybridized carbons (Fsp3) is 0.361. The molecule has 5 N–H and O–H groups in total. The number of aliphatic hydroxyl groups excluding tert-OH is 1. The van der Waals surface area contributed by atoms with E-state index in [1.165, 1.54) is 13.8 Å². The number of nitrogens with one attached hydrogen (secondary N) is 1. The molecule has 0 bridgehead atoms. The molecule has 4 atom stereocenters. The Morgan fingerprint density at radius 3 is 2.47 bits per heavy atom. The lowest BCUT2D eigenvalue weighted by molar-refractivity contribution is -0.0334. The Kier molecular flexibility index (Phi) is 8.39. The van der Waals surface area contributed by atoms with Crippen molar-refractivity contribution in [3.63, 3.8) is 0 Å². The lowest BCUT2D eigenvalue weighted by atomic mass is 9.93. The second-order valence-corrected chi connectivity index (χ2v) is 13.6.